The van der Waals surface area contributed by atoms with Crippen molar-refractivity contribution >= 4 is 5.97 Å². The molecule has 0 aliphatic rings. The maximum Gasteiger partial charge on any atom is 0.374 e. The van der Waals surface area contributed by atoms with Gasteiger partial charge in [0.05, 0.1) is 6.61 Å². The molecule has 4 nitrogen and oxygen atoms in total. The minimum absolute atomic E-state index is 0.204. The molecule has 1 aromatic rings. The van der Waals surface area contributed by atoms with Crippen molar-refractivity contribution < 1.29 is 14.3 Å². The van der Waals surface area contributed by atoms with E-state index in [0.29, 0.717) is 12.4 Å². The Kier molecular flexibility index (Phi) is 12.6. The number of hydrogen-bond donors (Lipinski definition) is 0. The third-order valence-electron chi connectivity index (χ3n) is 4.26. The van der Waals surface area contributed by atoms with Crippen LogP contribution in [0.25, 0.3) is 0 Å². The average molecular weight is 374 g/mol. The molecular weight excluding hydrogens is 338 g/mol. The van der Waals surface area contributed by atoms with E-state index in [1.165, 1.54) is 25.7 Å². The zero-order chi connectivity index (χ0) is 19.7. The van der Waals surface area contributed by atoms with Crippen LogP contribution in [0.5, 0.6) is 5.75 Å². The Morgan fingerprint density at radius 2 is 1.63 bits per heavy atom. The van der Waals surface area contributed by atoms with Crippen LogP contribution < -0.4 is 4.74 Å². The van der Waals surface area contributed by atoms with Gasteiger partial charge in [0.1, 0.15) is 5.75 Å². The van der Waals surface area contributed by atoms with Gasteiger partial charge >= 0.3 is 5.97 Å². The smallest absolute Gasteiger partial charge is 0.374 e. The summed E-state index contributed by atoms with van der Waals surface area (Å²) < 4.78 is 11.2. The van der Waals surface area contributed by atoms with E-state index in [2.05, 4.69) is 25.7 Å². The number of nitrogens with zero attached hydrogens (tertiary/aromatic N) is 1. The molecule has 0 fully saturated rings. The number of unbranched alkanes of at least 4 members (excludes halogenated alkanes) is 5. The summed E-state index contributed by atoms with van der Waals surface area (Å²) in [6, 6.07) is 9.31. The summed E-state index contributed by atoms with van der Waals surface area (Å²) in [6.07, 6.45) is 12.4. The summed E-state index contributed by atoms with van der Waals surface area (Å²) in [5.41, 5.74) is 0. The second-order valence-electron chi connectivity index (χ2n) is 6.41. The van der Waals surface area contributed by atoms with Crippen LogP contribution in [0.2, 0.25) is 0 Å². The first-order valence-electron chi connectivity index (χ1n) is 10.2. The minimum atomic E-state index is -0.420. The predicted molar refractivity (Wildman–Crippen MR) is 112 cm³/mol. The molecule has 0 aliphatic carbocycles. The number of rotatable bonds is 14. The molecule has 0 radical (unpaired) electrons. The standard InChI is InChI=1S/C23H35NO3/c1-4-7-8-9-10-14-20-26-23(25)22(18-15-19-24(5-2)6-3)27-21-16-12-11-13-17-21/h11-13,15-19H,4-10,14,20H2,1-3H3. The number of hydrogen-bond acceptors (Lipinski definition) is 4. The first-order valence-corrected chi connectivity index (χ1v) is 10.2. The second kappa shape index (κ2) is 14.9. The Balaban J connectivity index is 2.60. The molecular formula is C23H35NO3. The first-order chi connectivity index (χ1) is 13.2. The van der Waals surface area contributed by atoms with Gasteiger partial charge in [-0.25, -0.2) is 4.79 Å². The zero-order valence-corrected chi connectivity index (χ0v) is 17.2. The van der Waals surface area contributed by atoms with E-state index in [1.54, 1.807) is 6.08 Å². The molecule has 0 saturated heterocycles. The molecule has 1 rings (SSSR count). The molecule has 27 heavy (non-hydrogen) atoms. The van der Waals surface area contributed by atoms with Gasteiger partial charge in [-0.05, 0) is 50.8 Å². The lowest BCUT2D eigenvalue weighted by atomic mass is 10.1. The van der Waals surface area contributed by atoms with E-state index in [4.69, 9.17) is 9.47 Å². The van der Waals surface area contributed by atoms with Crippen LogP contribution in [-0.4, -0.2) is 30.6 Å². The van der Waals surface area contributed by atoms with Crippen LogP contribution in [0.4, 0.5) is 0 Å². The quantitative estimate of drug-likeness (QED) is 0.138. The number of allylic oxidation sites excluding steroid dienone is 2. The summed E-state index contributed by atoms with van der Waals surface area (Å²) in [5, 5.41) is 0. The van der Waals surface area contributed by atoms with Gasteiger partial charge in [-0.2, -0.15) is 0 Å². The van der Waals surface area contributed by atoms with Gasteiger partial charge in [0.15, 0.2) is 0 Å². The lowest BCUT2D eigenvalue weighted by Crippen LogP contribution is -2.15. The SMILES string of the molecule is CCCCCCCCOC(=O)C(=CC=CN(CC)CC)Oc1ccccc1. The molecule has 0 aliphatic heterocycles. The van der Waals surface area contributed by atoms with Crippen LogP contribution in [0.3, 0.4) is 0 Å². The Labute approximate surface area is 164 Å². The number of carbonyl (C=O) groups is 1. The van der Waals surface area contributed by atoms with Gasteiger partial charge < -0.3 is 14.4 Å². The van der Waals surface area contributed by atoms with Crippen LogP contribution in [-0.2, 0) is 9.53 Å². The van der Waals surface area contributed by atoms with E-state index in [1.807, 2.05) is 42.6 Å². The molecule has 0 atom stereocenters. The van der Waals surface area contributed by atoms with E-state index in [9.17, 15) is 4.79 Å². The van der Waals surface area contributed by atoms with Crippen molar-refractivity contribution in [3.63, 3.8) is 0 Å². The Hall–Kier alpha value is -2.23. The van der Waals surface area contributed by atoms with Crippen LogP contribution in [0.15, 0.2) is 54.4 Å². The third kappa shape index (κ3) is 10.5. The van der Waals surface area contributed by atoms with Crippen LogP contribution in [0, 0.1) is 0 Å². The topological polar surface area (TPSA) is 38.8 Å². The van der Waals surface area contributed by atoms with Crippen molar-refractivity contribution in [3.05, 3.63) is 54.4 Å². The summed E-state index contributed by atoms with van der Waals surface area (Å²) >= 11 is 0. The Bertz CT molecular complexity index is 562. The number of carbonyl (C=O) groups excluding carboxylic acids is 1. The molecule has 0 N–H and O–H groups in total. The van der Waals surface area contributed by atoms with Crippen molar-refractivity contribution in [3.8, 4) is 5.75 Å². The fourth-order valence-electron chi connectivity index (χ4n) is 2.56. The monoisotopic (exact) mass is 373 g/mol. The Morgan fingerprint density at radius 1 is 0.963 bits per heavy atom. The summed E-state index contributed by atoms with van der Waals surface area (Å²) in [7, 11) is 0. The molecule has 0 amide bonds. The summed E-state index contributed by atoms with van der Waals surface area (Å²) in [5.74, 6) is 0.406. The van der Waals surface area contributed by atoms with Gasteiger partial charge in [-0.1, -0.05) is 57.2 Å². The van der Waals surface area contributed by atoms with Crippen molar-refractivity contribution in [2.75, 3.05) is 19.7 Å². The lowest BCUT2D eigenvalue weighted by molar-refractivity contribution is -0.141. The van der Waals surface area contributed by atoms with E-state index >= 15 is 0 Å². The molecule has 0 unspecified atom stereocenters. The van der Waals surface area contributed by atoms with Crippen molar-refractivity contribution in [1.82, 2.24) is 4.90 Å². The van der Waals surface area contributed by atoms with E-state index < -0.39 is 5.97 Å². The average Bonchev–Trinajstić information content (AvgIpc) is 2.70. The minimum Gasteiger partial charge on any atom is -0.460 e. The molecule has 0 aromatic heterocycles. The molecule has 150 valence electrons. The van der Waals surface area contributed by atoms with E-state index in [-0.39, 0.29) is 5.76 Å². The van der Waals surface area contributed by atoms with E-state index in [0.717, 1.165) is 25.9 Å². The van der Waals surface area contributed by atoms with Crippen molar-refractivity contribution in [2.24, 2.45) is 0 Å². The highest BCUT2D eigenvalue weighted by atomic mass is 16.6. The maximum absolute atomic E-state index is 12.4. The van der Waals surface area contributed by atoms with Gasteiger partial charge in [0, 0.05) is 13.1 Å². The lowest BCUT2D eigenvalue weighted by Gasteiger charge is -2.14. The highest BCUT2D eigenvalue weighted by Gasteiger charge is 2.13. The predicted octanol–water partition coefficient (Wildman–Crippen LogP) is 5.71. The number of para-hydroxylation sites is 1. The van der Waals surface area contributed by atoms with Crippen LogP contribution >= 0.6 is 0 Å². The third-order valence-corrected chi connectivity index (χ3v) is 4.26. The van der Waals surface area contributed by atoms with Crippen molar-refractivity contribution in [1.29, 1.82) is 0 Å². The number of esters is 1. The Morgan fingerprint density at radius 3 is 2.30 bits per heavy atom. The second-order valence-corrected chi connectivity index (χ2v) is 6.41. The maximum atomic E-state index is 12.4. The molecule has 0 heterocycles. The normalized spacial score (nSPS) is 11.6. The first kappa shape index (κ1) is 22.8. The van der Waals surface area contributed by atoms with Crippen molar-refractivity contribution in [2.45, 2.75) is 59.3 Å². The fraction of sp³-hybridized carbons (Fsp3) is 0.522. The highest BCUT2D eigenvalue weighted by molar-refractivity contribution is 5.87. The zero-order valence-electron chi connectivity index (χ0n) is 17.2. The highest BCUT2D eigenvalue weighted by Crippen LogP contribution is 2.14. The molecule has 1 aromatic carbocycles. The number of benzene rings is 1. The summed E-state index contributed by atoms with van der Waals surface area (Å²) in [6.45, 7) is 8.65. The van der Waals surface area contributed by atoms with Gasteiger partial charge in [-0.15, -0.1) is 0 Å². The largest absolute Gasteiger partial charge is 0.460 e. The molecule has 0 saturated carbocycles. The molecule has 4 heteroatoms. The molecule has 0 spiro atoms. The number of ether oxygens (including phenoxy) is 2. The molecule has 0 bridgehead atoms. The fourth-order valence-corrected chi connectivity index (χ4v) is 2.56. The summed E-state index contributed by atoms with van der Waals surface area (Å²) in [4.78, 5) is 14.6. The van der Waals surface area contributed by atoms with Gasteiger partial charge in [-0.3, -0.25) is 0 Å². The van der Waals surface area contributed by atoms with Gasteiger partial charge in [0.25, 0.3) is 0 Å². The van der Waals surface area contributed by atoms with Gasteiger partial charge in [0.2, 0.25) is 5.76 Å². The van der Waals surface area contributed by atoms with Crippen LogP contribution in [0.1, 0.15) is 59.3 Å².